The maximum Gasteiger partial charge on any atom is 0.339 e. The Morgan fingerprint density at radius 2 is 1.39 bits per heavy atom. The molecule has 1 aliphatic heterocycles. The minimum atomic E-state index is -4.01. The first-order chi connectivity index (χ1) is 14.7. The van der Waals surface area contributed by atoms with Crippen molar-refractivity contribution >= 4 is 26.0 Å². The molecule has 0 spiro atoms. The molecule has 31 heavy (non-hydrogen) atoms. The summed E-state index contributed by atoms with van der Waals surface area (Å²) >= 11 is 0. The lowest BCUT2D eigenvalue weighted by molar-refractivity contribution is -0.133. The van der Waals surface area contributed by atoms with Gasteiger partial charge in [0.1, 0.15) is 10.6 Å². The summed E-state index contributed by atoms with van der Waals surface area (Å²) < 4.78 is 57.1. The summed E-state index contributed by atoms with van der Waals surface area (Å²) in [4.78, 5) is 14.0. The number of piperazine rings is 1. The second-order valence-corrected chi connectivity index (χ2v) is 11.3. The Hall–Kier alpha value is -2.43. The van der Waals surface area contributed by atoms with Gasteiger partial charge in [-0.1, -0.05) is 17.7 Å². The molecule has 0 N–H and O–H groups in total. The molecule has 8 nitrogen and oxygen atoms in total. The molecular formula is C21H24N2O6S2. The number of carbonyl (C=O) groups excluding carboxylic acids is 1. The highest BCUT2D eigenvalue weighted by Gasteiger charge is 2.36. The van der Waals surface area contributed by atoms with Crippen LogP contribution in [0.3, 0.4) is 0 Å². The van der Waals surface area contributed by atoms with E-state index in [-0.39, 0.29) is 40.5 Å². The summed E-state index contributed by atoms with van der Waals surface area (Å²) in [5.41, 5.74) is 0.922. The monoisotopic (exact) mass is 464 g/mol. The fourth-order valence-corrected chi connectivity index (χ4v) is 5.79. The van der Waals surface area contributed by atoms with E-state index in [4.69, 9.17) is 4.18 Å². The zero-order valence-corrected chi connectivity index (χ0v) is 18.7. The molecule has 0 bridgehead atoms. The van der Waals surface area contributed by atoms with Gasteiger partial charge < -0.3 is 9.08 Å². The lowest BCUT2D eigenvalue weighted by atomic mass is 10.2. The SMILES string of the molecule is Cc1ccc(S(=O)(=O)Oc2ccc(S(=O)(=O)N3CCN(C(=O)C4CC4)CC3)cc2)cc1. The molecule has 10 heteroatoms. The third kappa shape index (κ3) is 4.76. The average molecular weight is 465 g/mol. The van der Waals surface area contributed by atoms with Crippen molar-refractivity contribution in [1.82, 2.24) is 9.21 Å². The van der Waals surface area contributed by atoms with Crippen LogP contribution in [0.4, 0.5) is 0 Å². The molecule has 1 aliphatic carbocycles. The summed E-state index contributed by atoms with van der Waals surface area (Å²) in [6.07, 6.45) is 1.84. The number of hydrogen-bond acceptors (Lipinski definition) is 6. The highest BCUT2D eigenvalue weighted by molar-refractivity contribution is 7.89. The van der Waals surface area contributed by atoms with E-state index in [2.05, 4.69) is 0 Å². The van der Waals surface area contributed by atoms with Gasteiger partial charge in [0.15, 0.2) is 0 Å². The van der Waals surface area contributed by atoms with E-state index in [1.165, 1.54) is 40.7 Å². The molecular weight excluding hydrogens is 440 g/mol. The number of hydrogen-bond donors (Lipinski definition) is 0. The van der Waals surface area contributed by atoms with Crippen LogP contribution in [0.15, 0.2) is 58.3 Å². The van der Waals surface area contributed by atoms with Gasteiger partial charge >= 0.3 is 10.1 Å². The summed E-state index contributed by atoms with van der Waals surface area (Å²) in [7, 11) is -7.76. The van der Waals surface area contributed by atoms with Crippen LogP contribution in [0.5, 0.6) is 5.75 Å². The second kappa shape index (κ2) is 8.25. The van der Waals surface area contributed by atoms with Gasteiger partial charge in [-0.3, -0.25) is 4.79 Å². The Morgan fingerprint density at radius 3 is 1.94 bits per heavy atom. The molecule has 166 valence electrons. The van der Waals surface area contributed by atoms with Gasteiger partial charge in [-0.05, 0) is 56.2 Å². The van der Waals surface area contributed by atoms with Crippen LogP contribution in [0.25, 0.3) is 0 Å². The van der Waals surface area contributed by atoms with Gasteiger partial charge in [0, 0.05) is 32.1 Å². The van der Waals surface area contributed by atoms with E-state index in [1.54, 1.807) is 17.0 Å². The van der Waals surface area contributed by atoms with Crippen LogP contribution >= 0.6 is 0 Å². The molecule has 1 saturated heterocycles. The fourth-order valence-electron chi connectivity index (χ4n) is 3.43. The number of nitrogens with zero attached hydrogens (tertiary/aromatic N) is 2. The summed E-state index contributed by atoms with van der Waals surface area (Å²) in [6, 6.07) is 11.6. The zero-order chi connectivity index (χ0) is 22.2. The van der Waals surface area contributed by atoms with Gasteiger partial charge in [-0.25, -0.2) is 8.42 Å². The van der Waals surface area contributed by atoms with E-state index in [0.29, 0.717) is 13.1 Å². The number of rotatable bonds is 6. The number of carbonyl (C=O) groups is 1. The third-order valence-electron chi connectivity index (χ3n) is 5.45. The van der Waals surface area contributed by atoms with Gasteiger partial charge in [0.05, 0.1) is 4.90 Å². The molecule has 0 aromatic heterocycles. The Morgan fingerprint density at radius 1 is 0.839 bits per heavy atom. The highest BCUT2D eigenvalue weighted by Crippen LogP contribution is 2.31. The fraction of sp³-hybridized carbons (Fsp3) is 0.381. The van der Waals surface area contributed by atoms with Crippen molar-refractivity contribution in [3.63, 3.8) is 0 Å². The molecule has 2 aromatic rings. The number of aryl methyl sites for hydroxylation is 1. The van der Waals surface area contributed by atoms with Crippen molar-refractivity contribution in [1.29, 1.82) is 0 Å². The molecule has 0 atom stereocenters. The predicted molar refractivity (Wildman–Crippen MR) is 113 cm³/mol. The topological polar surface area (TPSA) is 101 Å². The minimum absolute atomic E-state index is 0.0217. The molecule has 1 heterocycles. The minimum Gasteiger partial charge on any atom is -0.379 e. The molecule has 4 rings (SSSR count). The molecule has 2 fully saturated rings. The third-order valence-corrected chi connectivity index (χ3v) is 8.63. The smallest absolute Gasteiger partial charge is 0.339 e. The first-order valence-electron chi connectivity index (χ1n) is 10.1. The van der Waals surface area contributed by atoms with Gasteiger partial charge in [0.25, 0.3) is 0 Å². The predicted octanol–water partition coefficient (Wildman–Crippen LogP) is 2.01. The molecule has 2 aromatic carbocycles. The highest BCUT2D eigenvalue weighted by atomic mass is 32.2. The van der Waals surface area contributed by atoms with Crippen molar-refractivity contribution in [2.45, 2.75) is 29.6 Å². The van der Waals surface area contributed by atoms with Crippen molar-refractivity contribution in [3.05, 3.63) is 54.1 Å². The Bertz CT molecular complexity index is 1160. The normalized spacial score (nSPS) is 18.0. The number of sulfonamides is 1. The van der Waals surface area contributed by atoms with Crippen LogP contribution in [-0.2, 0) is 24.9 Å². The molecule has 0 radical (unpaired) electrons. The first kappa shape index (κ1) is 21.8. The van der Waals surface area contributed by atoms with Crippen molar-refractivity contribution in [3.8, 4) is 5.75 Å². The largest absolute Gasteiger partial charge is 0.379 e. The second-order valence-electron chi connectivity index (χ2n) is 7.83. The maximum atomic E-state index is 12.9. The molecule has 1 saturated carbocycles. The van der Waals surface area contributed by atoms with Crippen molar-refractivity contribution in [2.75, 3.05) is 26.2 Å². The Labute approximate surface area is 182 Å². The van der Waals surface area contributed by atoms with E-state index in [1.807, 2.05) is 6.92 Å². The van der Waals surface area contributed by atoms with E-state index < -0.39 is 20.1 Å². The van der Waals surface area contributed by atoms with Crippen molar-refractivity contribution < 1.29 is 25.8 Å². The molecule has 0 unspecified atom stereocenters. The van der Waals surface area contributed by atoms with E-state index in [9.17, 15) is 21.6 Å². The van der Waals surface area contributed by atoms with Crippen LogP contribution < -0.4 is 4.18 Å². The van der Waals surface area contributed by atoms with Crippen LogP contribution in [0, 0.1) is 12.8 Å². The zero-order valence-electron chi connectivity index (χ0n) is 17.1. The molecule has 1 amide bonds. The lowest BCUT2D eigenvalue weighted by Gasteiger charge is -2.34. The van der Waals surface area contributed by atoms with E-state index in [0.717, 1.165) is 18.4 Å². The van der Waals surface area contributed by atoms with Crippen LogP contribution in [0.1, 0.15) is 18.4 Å². The van der Waals surface area contributed by atoms with Gasteiger partial charge in [-0.2, -0.15) is 12.7 Å². The number of benzene rings is 2. The Kier molecular flexibility index (Phi) is 5.80. The standard InChI is InChI=1S/C21H24N2O6S2/c1-16-2-8-20(9-3-16)31(27,28)29-18-6-10-19(11-7-18)30(25,26)23-14-12-22(13-15-23)21(24)17-4-5-17/h2-3,6-11,17H,4-5,12-15H2,1H3. The van der Waals surface area contributed by atoms with Crippen LogP contribution in [-0.4, -0.2) is 58.1 Å². The summed E-state index contributed by atoms with van der Waals surface area (Å²) in [5, 5.41) is 0. The Balaban J connectivity index is 1.42. The van der Waals surface area contributed by atoms with Gasteiger partial charge in [-0.15, -0.1) is 0 Å². The summed E-state index contributed by atoms with van der Waals surface area (Å²) in [5.74, 6) is 0.264. The summed E-state index contributed by atoms with van der Waals surface area (Å²) in [6.45, 7) is 3.08. The number of amides is 1. The lowest BCUT2D eigenvalue weighted by Crippen LogP contribution is -2.50. The average Bonchev–Trinajstić information content (AvgIpc) is 3.59. The van der Waals surface area contributed by atoms with E-state index >= 15 is 0 Å². The van der Waals surface area contributed by atoms with Gasteiger partial charge in [0.2, 0.25) is 15.9 Å². The maximum absolute atomic E-state index is 12.9. The van der Waals surface area contributed by atoms with Crippen molar-refractivity contribution in [2.24, 2.45) is 5.92 Å². The quantitative estimate of drug-likeness (QED) is 0.606. The molecule has 2 aliphatic rings. The first-order valence-corrected chi connectivity index (χ1v) is 12.9. The van der Waals surface area contributed by atoms with Crippen LogP contribution in [0.2, 0.25) is 0 Å².